The molecule has 1 heterocycles. The van der Waals surface area contributed by atoms with Crippen LogP contribution in [0.3, 0.4) is 0 Å². The van der Waals surface area contributed by atoms with Crippen molar-refractivity contribution in [2.45, 2.75) is 45.6 Å². The van der Waals surface area contributed by atoms with Crippen molar-refractivity contribution in [3.8, 4) is 0 Å². The Bertz CT molecular complexity index is 390. The molecule has 3 nitrogen and oxygen atoms in total. The van der Waals surface area contributed by atoms with Crippen LogP contribution >= 0.6 is 0 Å². The first kappa shape index (κ1) is 13.5. The lowest BCUT2D eigenvalue weighted by molar-refractivity contribution is -0.0132. The molecule has 1 aromatic rings. The number of aryl methyl sites for hydroxylation is 1. The summed E-state index contributed by atoms with van der Waals surface area (Å²) in [6.45, 7) is 4.76. The minimum Gasteiger partial charge on any atom is -0.388 e. The van der Waals surface area contributed by atoms with Gasteiger partial charge in [0.05, 0.1) is 6.10 Å². The zero-order valence-corrected chi connectivity index (χ0v) is 11.4. The predicted molar refractivity (Wildman–Crippen MR) is 73.1 cm³/mol. The van der Waals surface area contributed by atoms with Crippen LogP contribution in [0.2, 0.25) is 0 Å². The van der Waals surface area contributed by atoms with E-state index in [0.29, 0.717) is 12.5 Å². The number of hydrogen-bond acceptors (Lipinski definition) is 3. The summed E-state index contributed by atoms with van der Waals surface area (Å²) in [6, 6.07) is 3.93. The van der Waals surface area contributed by atoms with E-state index in [9.17, 15) is 5.11 Å². The van der Waals surface area contributed by atoms with E-state index in [0.717, 1.165) is 30.5 Å². The zero-order valence-electron chi connectivity index (χ0n) is 11.4. The monoisotopic (exact) mass is 248 g/mol. The maximum Gasteiger partial charge on any atom is 0.0873 e. The molecule has 100 valence electrons. The highest BCUT2D eigenvalue weighted by Gasteiger charge is 2.40. The van der Waals surface area contributed by atoms with Gasteiger partial charge in [-0.1, -0.05) is 25.8 Å². The standard InChI is InChI=1S/C15H24N2O/c1-11-4-3-7-15(8-11,10-16)14(18)13-6-5-12(2)17-9-13/h5-6,9,11,14,18H,3-4,7-8,10,16H2,1-2H3. The molecule has 0 saturated heterocycles. The Morgan fingerprint density at radius 1 is 1.56 bits per heavy atom. The van der Waals surface area contributed by atoms with Crippen LogP contribution in [0.4, 0.5) is 0 Å². The van der Waals surface area contributed by atoms with Crippen LogP contribution in [0.15, 0.2) is 18.3 Å². The fourth-order valence-corrected chi connectivity index (χ4v) is 3.24. The Hall–Kier alpha value is -0.930. The predicted octanol–water partition coefficient (Wildman–Crippen LogP) is 2.58. The fraction of sp³-hybridized carbons (Fsp3) is 0.667. The Labute approximate surface area is 109 Å². The molecule has 0 bridgehead atoms. The zero-order chi connectivity index (χ0) is 13.2. The SMILES string of the molecule is Cc1ccc(C(O)C2(CN)CCCC(C)C2)cn1. The lowest BCUT2D eigenvalue weighted by atomic mass is 9.65. The van der Waals surface area contributed by atoms with E-state index in [4.69, 9.17) is 5.73 Å². The third-order valence-corrected chi connectivity index (χ3v) is 4.36. The van der Waals surface area contributed by atoms with E-state index in [1.54, 1.807) is 6.20 Å². The molecular formula is C15H24N2O. The molecule has 3 heteroatoms. The maximum absolute atomic E-state index is 10.7. The van der Waals surface area contributed by atoms with Gasteiger partial charge in [0.2, 0.25) is 0 Å². The van der Waals surface area contributed by atoms with Gasteiger partial charge in [-0.3, -0.25) is 4.98 Å². The smallest absolute Gasteiger partial charge is 0.0873 e. The highest BCUT2D eigenvalue weighted by molar-refractivity contribution is 5.19. The summed E-state index contributed by atoms with van der Waals surface area (Å²) in [7, 11) is 0. The number of nitrogens with zero attached hydrogens (tertiary/aromatic N) is 1. The molecule has 1 aliphatic carbocycles. The van der Waals surface area contributed by atoms with Crippen LogP contribution in [0.5, 0.6) is 0 Å². The van der Waals surface area contributed by atoms with E-state index in [-0.39, 0.29) is 5.41 Å². The molecule has 2 rings (SSSR count). The van der Waals surface area contributed by atoms with Gasteiger partial charge in [0.1, 0.15) is 0 Å². The third-order valence-electron chi connectivity index (χ3n) is 4.36. The van der Waals surface area contributed by atoms with E-state index in [1.807, 2.05) is 19.1 Å². The molecule has 0 radical (unpaired) electrons. The number of rotatable bonds is 3. The van der Waals surface area contributed by atoms with Crippen molar-refractivity contribution in [1.82, 2.24) is 4.98 Å². The summed E-state index contributed by atoms with van der Waals surface area (Å²) in [5.74, 6) is 0.648. The van der Waals surface area contributed by atoms with E-state index in [2.05, 4.69) is 11.9 Å². The second-order valence-corrected chi connectivity index (χ2v) is 5.90. The summed E-state index contributed by atoms with van der Waals surface area (Å²) in [6.07, 6.45) is 5.74. The molecule has 0 aromatic carbocycles. The Morgan fingerprint density at radius 3 is 2.89 bits per heavy atom. The quantitative estimate of drug-likeness (QED) is 0.864. The van der Waals surface area contributed by atoms with Crippen LogP contribution < -0.4 is 5.73 Å². The minimum absolute atomic E-state index is 0.158. The van der Waals surface area contributed by atoms with E-state index >= 15 is 0 Å². The van der Waals surface area contributed by atoms with E-state index in [1.165, 1.54) is 6.42 Å². The minimum atomic E-state index is -0.488. The first-order chi connectivity index (χ1) is 8.57. The second kappa shape index (κ2) is 5.37. The summed E-state index contributed by atoms with van der Waals surface area (Å²) < 4.78 is 0. The van der Waals surface area contributed by atoms with Crippen molar-refractivity contribution in [3.05, 3.63) is 29.6 Å². The van der Waals surface area contributed by atoms with Crippen molar-refractivity contribution >= 4 is 0 Å². The van der Waals surface area contributed by atoms with Crippen molar-refractivity contribution in [1.29, 1.82) is 0 Å². The molecule has 0 aliphatic heterocycles. The number of pyridine rings is 1. The second-order valence-electron chi connectivity index (χ2n) is 5.90. The molecule has 3 atom stereocenters. The molecule has 1 saturated carbocycles. The molecular weight excluding hydrogens is 224 g/mol. The number of nitrogens with two attached hydrogens (primary N) is 1. The van der Waals surface area contributed by atoms with Gasteiger partial charge < -0.3 is 10.8 Å². The van der Waals surface area contributed by atoms with E-state index < -0.39 is 6.10 Å². The summed E-state index contributed by atoms with van der Waals surface area (Å²) in [5, 5.41) is 10.7. The van der Waals surface area contributed by atoms with Crippen molar-refractivity contribution in [3.63, 3.8) is 0 Å². The van der Waals surface area contributed by atoms with Gasteiger partial charge in [-0.2, -0.15) is 0 Å². The maximum atomic E-state index is 10.7. The van der Waals surface area contributed by atoms with Crippen LogP contribution in [0, 0.1) is 18.3 Å². The van der Waals surface area contributed by atoms with Gasteiger partial charge in [-0.25, -0.2) is 0 Å². The van der Waals surface area contributed by atoms with Crippen molar-refractivity contribution < 1.29 is 5.11 Å². The van der Waals surface area contributed by atoms with Crippen LogP contribution in [-0.4, -0.2) is 16.6 Å². The molecule has 3 N–H and O–H groups in total. The molecule has 0 amide bonds. The van der Waals surface area contributed by atoms with Crippen molar-refractivity contribution in [2.24, 2.45) is 17.1 Å². The van der Waals surface area contributed by atoms with Gasteiger partial charge in [0.25, 0.3) is 0 Å². The first-order valence-corrected chi connectivity index (χ1v) is 6.88. The van der Waals surface area contributed by atoms with Crippen LogP contribution in [-0.2, 0) is 0 Å². The molecule has 1 aromatic heterocycles. The Morgan fingerprint density at radius 2 is 2.33 bits per heavy atom. The molecule has 18 heavy (non-hydrogen) atoms. The van der Waals surface area contributed by atoms with Crippen LogP contribution in [0.1, 0.15) is 50.0 Å². The summed E-state index contributed by atoms with van der Waals surface area (Å²) >= 11 is 0. The lowest BCUT2D eigenvalue weighted by Crippen LogP contribution is -2.40. The number of aliphatic hydroxyl groups is 1. The summed E-state index contributed by atoms with van der Waals surface area (Å²) in [4.78, 5) is 4.28. The number of hydrogen-bond donors (Lipinski definition) is 2. The average Bonchev–Trinajstić information content (AvgIpc) is 2.38. The largest absolute Gasteiger partial charge is 0.388 e. The fourth-order valence-electron chi connectivity index (χ4n) is 3.24. The first-order valence-electron chi connectivity index (χ1n) is 6.88. The van der Waals surface area contributed by atoms with Crippen molar-refractivity contribution in [2.75, 3.05) is 6.54 Å². The molecule has 0 spiro atoms. The molecule has 1 aliphatic rings. The van der Waals surface area contributed by atoms with Gasteiger partial charge in [-0.05, 0) is 37.3 Å². The highest BCUT2D eigenvalue weighted by atomic mass is 16.3. The lowest BCUT2D eigenvalue weighted by Gasteiger charge is -2.42. The molecule has 3 unspecified atom stereocenters. The van der Waals surface area contributed by atoms with Gasteiger partial charge in [0, 0.05) is 23.9 Å². The van der Waals surface area contributed by atoms with Crippen LogP contribution in [0.25, 0.3) is 0 Å². The Balaban J connectivity index is 2.23. The highest BCUT2D eigenvalue weighted by Crippen LogP contribution is 2.47. The number of aliphatic hydroxyl groups excluding tert-OH is 1. The van der Waals surface area contributed by atoms with Gasteiger partial charge in [0.15, 0.2) is 0 Å². The Kier molecular flexibility index (Phi) is 4.03. The molecule has 1 fully saturated rings. The normalized spacial score (nSPS) is 30.1. The van der Waals surface area contributed by atoms with Gasteiger partial charge in [-0.15, -0.1) is 0 Å². The average molecular weight is 248 g/mol. The topological polar surface area (TPSA) is 59.1 Å². The van der Waals surface area contributed by atoms with Gasteiger partial charge >= 0.3 is 0 Å². The summed E-state index contributed by atoms with van der Waals surface area (Å²) in [5.41, 5.74) is 7.71. The third kappa shape index (κ3) is 2.57. The number of aromatic nitrogens is 1.